The van der Waals surface area contributed by atoms with E-state index in [1.165, 1.54) is 0 Å². The van der Waals surface area contributed by atoms with Crippen LogP contribution in [0.5, 0.6) is 0 Å². The van der Waals surface area contributed by atoms with Crippen LogP contribution in [0.25, 0.3) is 0 Å². The Kier molecular flexibility index (Phi) is 6.00. The standard InChI is InChI=1S/C8H13N3O/c1-3-12-6-8(5-10)11-7(2)4-9/h7-8,11H,3,6H2,1-2H3. The Morgan fingerprint density at radius 3 is 2.50 bits per heavy atom. The molecule has 0 heterocycles. The summed E-state index contributed by atoms with van der Waals surface area (Å²) in [5, 5.41) is 19.8. The van der Waals surface area contributed by atoms with Crippen molar-refractivity contribution in [3.05, 3.63) is 0 Å². The topological polar surface area (TPSA) is 68.8 Å². The highest BCUT2D eigenvalue weighted by Crippen LogP contribution is 1.87. The number of nitriles is 2. The summed E-state index contributed by atoms with van der Waals surface area (Å²) in [5.74, 6) is 0. The first-order valence-corrected chi connectivity index (χ1v) is 3.87. The molecule has 0 aliphatic heterocycles. The van der Waals surface area contributed by atoms with E-state index in [2.05, 4.69) is 5.32 Å². The summed E-state index contributed by atoms with van der Waals surface area (Å²) in [4.78, 5) is 0. The highest BCUT2D eigenvalue weighted by atomic mass is 16.5. The van der Waals surface area contributed by atoms with Crippen molar-refractivity contribution in [2.75, 3.05) is 13.2 Å². The monoisotopic (exact) mass is 167 g/mol. The first-order chi connectivity index (χ1) is 5.74. The molecular weight excluding hydrogens is 154 g/mol. The van der Waals surface area contributed by atoms with Crippen molar-refractivity contribution in [3.8, 4) is 12.1 Å². The second-order valence-corrected chi connectivity index (χ2v) is 2.36. The molecule has 66 valence electrons. The van der Waals surface area contributed by atoms with Crippen LogP contribution in [0.3, 0.4) is 0 Å². The van der Waals surface area contributed by atoms with E-state index in [4.69, 9.17) is 15.3 Å². The third-order valence-corrected chi connectivity index (χ3v) is 1.29. The van der Waals surface area contributed by atoms with E-state index in [-0.39, 0.29) is 12.1 Å². The third-order valence-electron chi connectivity index (χ3n) is 1.29. The van der Waals surface area contributed by atoms with Crippen molar-refractivity contribution >= 4 is 0 Å². The number of rotatable bonds is 5. The molecule has 2 atom stereocenters. The SMILES string of the molecule is CCOCC(C#N)NC(C)C#N. The quantitative estimate of drug-likeness (QED) is 0.644. The van der Waals surface area contributed by atoms with Crippen LogP contribution >= 0.6 is 0 Å². The molecule has 0 saturated heterocycles. The summed E-state index contributed by atoms with van der Waals surface area (Å²) in [6.45, 7) is 4.48. The Hall–Kier alpha value is -1.10. The lowest BCUT2D eigenvalue weighted by atomic mass is 10.3. The average molecular weight is 167 g/mol. The summed E-state index contributed by atoms with van der Waals surface area (Å²) in [6, 6.07) is 3.30. The van der Waals surface area contributed by atoms with Gasteiger partial charge < -0.3 is 4.74 Å². The van der Waals surface area contributed by atoms with Gasteiger partial charge in [-0.2, -0.15) is 10.5 Å². The zero-order valence-electron chi connectivity index (χ0n) is 7.37. The molecule has 0 aromatic carbocycles. The molecule has 0 saturated carbocycles. The van der Waals surface area contributed by atoms with Crippen LogP contribution in [0.15, 0.2) is 0 Å². The summed E-state index contributed by atoms with van der Waals surface area (Å²) >= 11 is 0. The maximum Gasteiger partial charge on any atom is 0.120 e. The van der Waals surface area contributed by atoms with Gasteiger partial charge >= 0.3 is 0 Å². The van der Waals surface area contributed by atoms with E-state index in [0.29, 0.717) is 13.2 Å². The number of ether oxygens (including phenoxy) is 1. The summed E-state index contributed by atoms with van der Waals surface area (Å²) in [5.41, 5.74) is 0. The normalized spacial score (nSPS) is 14.3. The molecule has 0 aromatic rings. The van der Waals surface area contributed by atoms with Crippen molar-refractivity contribution < 1.29 is 4.74 Å². The van der Waals surface area contributed by atoms with Gasteiger partial charge in [0.15, 0.2) is 0 Å². The minimum atomic E-state index is -0.389. The number of hydrogen-bond acceptors (Lipinski definition) is 4. The van der Waals surface area contributed by atoms with E-state index in [1.807, 2.05) is 19.1 Å². The minimum absolute atomic E-state index is 0.310. The molecule has 0 aliphatic rings. The van der Waals surface area contributed by atoms with Gasteiger partial charge in [-0.1, -0.05) is 0 Å². The summed E-state index contributed by atoms with van der Waals surface area (Å²) < 4.78 is 5.04. The summed E-state index contributed by atoms with van der Waals surface area (Å²) in [7, 11) is 0. The van der Waals surface area contributed by atoms with Gasteiger partial charge in [0.05, 0.1) is 24.8 Å². The predicted octanol–water partition coefficient (Wildman–Crippen LogP) is 0.417. The van der Waals surface area contributed by atoms with Gasteiger partial charge in [-0.25, -0.2) is 0 Å². The summed E-state index contributed by atoms with van der Waals surface area (Å²) in [6.07, 6.45) is 0. The van der Waals surface area contributed by atoms with Crippen LogP contribution in [-0.4, -0.2) is 25.3 Å². The Morgan fingerprint density at radius 2 is 2.08 bits per heavy atom. The van der Waals surface area contributed by atoms with Gasteiger partial charge in [-0.05, 0) is 13.8 Å². The molecular formula is C8H13N3O. The van der Waals surface area contributed by atoms with E-state index in [0.717, 1.165) is 0 Å². The second kappa shape index (κ2) is 6.60. The van der Waals surface area contributed by atoms with Crippen molar-refractivity contribution in [3.63, 3.8) is 0 Å². The van der Waals surface area contributed by atoms with Crippen LogP contribution in [0.1, 0.15) is 13.8 Å². The first kappa shape index (κ1) is 10.9. The van der Waals surface area contributed by atoms with Crippen LogP contribution in [0.4, 0.5) is 0 Å². The van der Waals surface area contributed by atoms with Crippen molar-refractivity contribution in [1.29, 1.82) is 10.5 Å². The third kappa shape index (κ3) is 4.68. The fourth-order valence-electron chi connectivity index (χ4n) is 0.697. The fourth-order valence-corrected chi connectivity index (χ4v) is 0.697. The zero-order valence-corrected chi connectivity index (χ0v) is 7.37. The zero-order chi connectivity index (χ0) is 9.40. The van der Waals surface area contributed by atoms with Gasteiger partial charge in [0, 0.05) is 6.61 Å². The van der Waals surface area contributed by atoms with Crippen LogP contribution < -0.4 is 5.32 Å². The molecule has 12 heavy (non-hydrogen) atoms. The molecule has 0 amide bonds. The molecule has 4 nitrogen and oxygen atoms in total. The number of hydrogen-bond donors (Lipinski definition) is 1. The maximum atomic E-state index is 8.60. The second-order valence-electron chi connectivity index (χ2n) is 2.36. The molecule has 0 rings (SSSR count). The van der Waals surface area contributed by atoms with E-state index < -0.39 is 0 Å². The van der Waals surface area contributed by atoms with Crippen LogP contribution in [0.2, 0.25) is 0 Å². The minimum Gasteiger partial charge on any atom is -0.379 e. The van der Waals surface area contributed by atoms with E-state index >= 15 is 0 Å². The van der Waals surface area contributed by atoms with Crippen molar-refractivity contribution in [2.45, 2.75) is 25.9 Å². The molecule has 0 radical (unpaired) electrons. The Balaban J connectivity index is 3.71. The van der Waals surface area contributed by atoms with E-state index in [9.17, 15) is 0 Å². The molecule has 0 aromatic heterocycles. The lowest BCUT2D eigenvalue weighted by Crippen LogP contribution is -2.37. The highest BCUT2D eigenvalue weighted by Gasteiger charge is 2.09. The van der Waals surface area contributed by atoms with Crippen molar-refractivity contribution in [2.24, 2.45) is 0 Å². The Labute approximate surface area is 72.7 Å². The van der Waals surface area contributed by atoms with Gasteiger partial charge in [0.2, 0.25) is 0 Å². The smallest absolute Gasteiger partial charge is 0.120 e. The molecule has 0 spiro atoms. The fraction of sp³-hybridized carbons (Fsp3) is 0.750. The average Bonchev–Trinajstić information content (AvgIpc) is 2.11. The molecule has 0 aliphatic carbocycles. The molecule has 0 fully saturated rings. The van der Waals surface area contributed by atoms with Gasteiger partial charge in [0.1, 0.15) is 6.04 Å². The number of nitrogens with zero attached hydrogens (tertiary/aromatic N) is 2. The molecule has 0 bridgehead atoms. The first-order valence-electron chi connectivity index (χ1n) is 3.87. The van der Waals surface area contributed by atoms with Gasteiger partial charge in [-0.3, -0.25) is 5.32 Å². The lowest BCUT2D eigenvalue weighted by Gasteiger charge is -2.11. The molecule has 4 heteroatoms. The molecule has 2 unspecified atom stereocenters. The predicted molar refractivity (Wildman–Crippen MR) is 44.1 cm³/mol. The van der Waals surface area contributed by atoms with Crippen molar-refractivity contribution in [1.82, 2.24) is 5.32 Å². The lowest BCUT2D eigenvalue weighted by molar-refractivity contribution is 0.134. The van der Waals surface area contributed by atoms with E-state index in [1.54, 1.807) is 6.92 Å². The maximum absolute atomic E-state index is 8.60. The van der Waals surface area contributed by atoms with Crippen LogP contribution in [-0.2, 0) is 4.74 Å². The number of nitrogens with one attached hydrogen (secondary N) is 1. The Bertz CT molecular complexity index is 191. The largest absolute Gasteiger partial charge is 0.379 e. The Morgan fingerprint density at radius 1 is 1.42 bits per heavy atom. The van der Waals surface area contributed by atoms with Crippen LogP contribution in [0, 0.1) is 22.7 Å². The van der Waals surface area contributed by atoms with Gasteiger partial charge in [-0.15, -0.1) is 0 Å². The highest BCUT2D eigenvalue weighted by molar-refractivity contribution is 4.96. The van der Waals surface area contributed by atoms with Gasteiger partial charge in [0.25, 0.3) is 0 Å². The molecule has 1 N–H and O–H groups in total.